The molecule has 4 heteroatoms. The van der Waals surface area contributed by atoms with Gasteiger partial charge in [-0.1, -0.05) is 6.92 Å². The van der Waals surface area contributed by atoms with Crippen molar-refractivity contribution in [2.45, 2.75) is 13.3 Å². The van der Waals surface area contributed by atoms with E-state index in [0.29, 0.717) is 0 Å². The molecule has 0 saturated heterocycles. The second kappa shape index (κ2) is 4.14. The van der Waals surface area contributed by atoms with Gasteiger partial charge in [0.1, 0.15) is 0 Å². The van der Waals surface area contributed by atoms with Crippen molar-refractivity contribution in [3.63, 3.8) is 0 Å². The summed E-state index contributed by atoms with van der Waals surface area (Å²) in [6, 6.07) is -0.508. The number of carbonyl (C=O) groups excluding carboxylic acids is 1. The first-order valence-electron chi connectivity index (χ1n) is 2.94. The van der Waals surface area contributed by atoms with Crippen LogP contribution in [-0.4, -0.2) is 24.6 Å². The number of primary amides is 1. The minimum atomic E-state index is -0.508. The Bertz CT molecular complexity index is 94.2. The van der Waals surface area contributed by atoms with Crippen LogP contribution in [0.5, 0.6) is 0 Å². The molecule has 2 amide bonds. The van der Waals surface area contributed by atoms with E-state index in [-0.39, 0.29) is 0 Å². The van der Waals surface area contributed by atoms with Gasteiger partial charge in [-0.05, 0) is 6.42 Å². The Morgan fingerprint density at radius 1 is 1.78 bits per heavy atom. The maximum Gasteiger partial charge on any atom is 0.326 e. The summed E-state index contributed by atoms with van der Waals surface area (Å²) in [4.78, 5) is 10.2. The third-order valence-corrected chi connectivity index (χ3v) is 0.860. The third-order valence-electron chi connectivity index (χ3n) is 0.860. The summed E-state index contributed by atoms with van der Waals surface area (Å²) in [7, 11) is 1.77. The van der Waals surface area contributed by atoms with E-state index in [0.717, 1.165) is 13.0 Å². The van der Waals surface area contributed by atoms with E-state index in [1.165, 1.54) is 0 Å². The van der Waals surface area contributed by atoms with Crippen LogP contribution in [0.3, 0.4) is 0 Å². The summed E-state index contributed by atoms with van der Waals surface area (Å²) in [5, 5.41) is 1.66. The standard InChI is InChI=1S/C5H13N3O/c1-3-4-8(2)7-5(6)9/h3-4H2,1-2H3,(H3,6,7,9). The zero-order valence-electron chi connectivity index (χ0n) is 5.85. The minimum absolute atomic E-state index is 0.508. The second-order valence-corrected chi connectivity index (χ2v) is 1.90. The van der Waals surface area contributed by atoms with E-state index in [2.05, 4.69) is 5.43 Å². The molecule has 0 bridgehead atoms. The molecule has 3 N–H and O–H groups in total. The Kier molecular flexibility index (Phi) is 3.79. The van der Waals surface area contributed by atoms with E-state index >= 15 is 0 Å². The monoisotopic (exact) mass is 131 g/mol. The van der Waals surface area contributed by atoms with E-state index in [1.807, 2.05) is 6.92 Å². The van der Waals surface area contributed by atoms with Gasteiger partial charge in [0, 0.05) is 13.6 Å². The zero-order chi connectivity index (χ0) is 7.28. The summed E-state index contributed by atoms with van der Waals surface area (Å²) in [6.45, 7) is 2.85. The van der Waals surface area contributed by atoms with E-state index in [1.54, 1.807) is 12.1 Å². The van der Waals surface area contributed by atoms with Crippen LogP contribution < -0.4 is 11.2 Å². The zero-order valence-corrected chi connectivity index (χ0v) is 5.85. The van der Waals surface area contributed by atoms with Crippen LogP contribution >= 0.6 is 0 Å². The first kappa shape index (κ1) is 8.23. The van der Waals surface area contributed by atoms with Gasteiger partial charge in [-0.2, -0.15) is 0 Å². The minimum Gasteiger partial charge on any atom is -0.351 e. The van der Waals surface area contributed by atoms with Crippen LogP contribution in [0.25, 0.3) is 0 Å². The van der Waals surface area contributed by atoms with Gasteiger partial charge in [-0.25, -0.2) is 9.80 Å². The average Bonchev–Trinajstić information content (AvgIpc) is 1.63. The van der Waals surface area contributed by atoms with Gasteiger partial charge >= 0.3 is 6.03 Å². The molecular weight excluding hydrogens is 118 g/mol. The molecule has 0 fully saturated rings. The molecule has 0 aromatic heterocycles. The molecule has 9 heavy (non-hydrogen) atoms. The van der Waals surface area contributed by atoms with Gasteiger partial charge in [0.25, 0.3) is 0 Å². The molecule has 0 spiro atoms. The number of hydrazine groups is 1. The van der Waals surface area contributed by atoms with E-state index in [4.69, 9.17) is 5.73 Å². The molecular formula is C5H13N3O. The molecule has 0 aliphatic carbocycles. The lowest BCUT2D eigenvalue weighted by atomic mass is 10.5. The number of hydrogen-bond acceptors (Lipinski definition) is 2. The van der Waals surface area contributed by atoms with Crippen molar-refractivity contribution in [1.29, 1.82) is 0 Å². The fraction of sp³-hybridized carbons (Fsp3) is 0.800. The summed E-state index contributed by atoms with van der Waals surface area (Å²) < 4.78 is 0. The van der Waals surface area contributed by atoms with Crippen molar-refractivity contribution in [3.05, 3.63) is 0 Å². The Morgan fingerprint density at radius 3 is 2.67 bits per heavy atom. The van der Waals surface area contributed by atoms with E-state index in [9.17, 15) is 4.79 Å². The Hall–Kier alpha value is -0.770. The maximum absolute atomic E-state index is 10.2. The fourth-order valence-electron chi connectivity index (χ4n) is 0.579. The Labute approximate surface area is 55.0 Å². The van der Waals surface area contributed by atoms with Crippen molar-refractivity contribution in [3.8, 4) is 0 Å². The number of rotatable bonds is 3. The third kappa shape index (κ3) is 5.10. The number of amides is 2. The number of nitrogens with one attached hydrogen (secondary N) is 1. The lowest BCUT2D eigenvalue weighted by Crippen LogP contribution is -2.42. The van der Waals surface area contributed by atoms with Crippen LogP contribution in [-0.2, 0) is 0 Å². The molecule has 0 saturated carbocycles. The van der Waals surface area contributed by atoms with Crippen molar-refractivity contribution in [2.75, 3.05) is 13.6 Å². The largest absolute Gasteiger partial charge is 0.351 e. The molecule has 0 aromatic rings. The van der Waals surface area contributed by atoms with Crippen LogP contribution in [0, 0.1) is 0 Å². The number of nitrogens with two attached hydrogens (primary N) is 1. The predicted octanol–water partition coefficient (Wildman–Crippen LogP) is -0.0885. The maximum atomic E-state index is 10.2. The Balaban J connectivity index is 3.26. The van der Waals surface area contributed by atoms with Crippen LogP contribution in [0.4, 0.5) is 4.79 Å². The molecule has 54 valence electrons. The summed E-state index contributed by atoms with van der Waals surface area (Å²) >= 11 is 0. The summed E-state index contributed by atoms with van der Waals surface area (Å²) in [5.41, 5.74) is 7.25. The van der Waals surface area contributed by atoms with Crippen molar-refractivity contribution >= 4 is 6.03 Å². The van der Waals surface area contributed by atoms with Crippen molar-refractivity contribution < 1.29 is 4.79 Å². The molecule has 0 atom stereocenters. The molecule has 0 heterocycles. The number of nitrogens with zero attached hydrogens (tertiary/aromatic N) is 1. The van der Waals surface area contributed by atoms with Gasteiger partial charge in [0.05, 0.1) is 0 Å². The average molecular weight is 131 g/mol. The first-order chi connectivity index (χ1) is 4.16. The normalized spacial score (nSPS) is 9.67. The number of hydrogen-bond donors (Lipinski definition) is 2. The Morgan fingerprint density at radius 2 is 2.33 bits per heavy atom. The highest BCUT2D eigenvalue weighted by atomic mass is 16.2. The number of carbonyl (C=O) groups is 1. The van der Waals surface area contributed by atoms with Crippen LogP contribution in [0.15, 0.2) is 0 Å². The molecule has 0 aliphatic heterocycles. The van der Waals surface area contributed by atoms with Gasteiger partial charge in [-0.15, -0.1) is 0 Å². The first-order valence-corrected chi connectivity index (χ1v) is 2.94. The SMILES string of the molecule is CCCN(C)NC(N)=O. The molecule has 0 rings (SSSR count). The van der Waals surface area contributed by atoms with Crippen molar-refractivity contribution in [2.24, 2.45) is 5.73 Å². The van der Waals surface area contributed by atoms with Gasteiger partial charge in [0.15, 0.2) is 0 Å². The highest BCUT2D eigenvalue weighted by Gasteiger charge is 1.95. The number of urea groups is 1. The highest BCUT2D eigenvalue weighted by Crippen LogP contribution is 1.78. The summed E-state index contributed by atoms with van der Waals surface area (Å²) in [5.74, 6) is 0. The topological polar surface area (TPSA) is 58.4 Å². The molecule has 0 aliphatic rings. The van der Waals surface area contributed by atoms with Crippen LogP contribution in [0.1, 0.15) is 13.3 Å². The van der Waals surface area contributed by atoms with Gasteiger partial charge < -0.3 is 5.73 Å². The predicted molar refractivity (Wildman–Crippen MR) is 35.6 cm³/mol. The summed E-state index contributed by atoms with van der Waals surface area (Å²) in [6.07, 6.45) is 0.997. The second-order valence-electron chi connectivity index (χ2n) is 1.90. The van der Waals surface area contributed by atoms with E-state index < -0.39 is 6.03 Å². The molecule has 0 radical (unpaired) electrons. The van der Waals surface area contributed by atoms with Crippen molar-refractivity contribution in [1.82, 2.24) is 10.4 Å². The molecule has 0 aromatic carbocycles. The highest BCUT2D eigenvalue weighted by molar-refractivity contribution is 5.70. The van der Waals surface area contributed by atoms with Gasteiger partial charge in [-0.3, -0.25) is 5.43 Å². The fourth-order valence-corrected chi connectivity index (χ4v) is 0.579. The van der Waals surface area contributed by atoms with Gasteiger partial charge in [0.2, 0.25) is 0 Å². The quantitative estimate of drug-likeness (QED) is 0.526. The molecule has 4 nitrogen and oxygen atoms in total. The smallest absolute Gasteiger partial charge is 0.326 e. The lowest BCUT2D eigenvalue weighted by Gasteiger charge is -2.14. The lowest BCUT2D eigenvalue weighted by molar-refractivity contribution is 0.206. The van der Waals surface area contributed by atoms with Crippen LogP contribution in [0.2, 0.25) is 0 Å². The molecule has 0 unspecified atom stereocenters.